The predicted octanol–water partition coefficient (Wildman–Crippen LogP) is 2.41. The molecular weight excluding hydrogens is 290 g/mol. The molecule has 1 aromatic carbocycles. The van der Waals surface area contributed by atoms with Crippen molar-refractivity contribution in [1.82, 2.24) is 10.3 Å². The predicted molar refractivity (Wildman–Crippen MR) is 88.2 cm³/mol. The van der Waals surface area contributed by atoms with Crippen LogP contribution in [-0.2, 0) is 22.5 Å². The Labute approximate surface area is 135 Å². The van der Waals surface area contributed by atoms with Crippen LogP contribution in [0.25, 0.3) is 0 Å². The molecule has 0 bridgehead atoms. The standard InChI is InChI=1S/C18H19N3O2/c1-12(13-6-4-3-5-7-13)21-17(22)9-15-8-14-10-20-18(23-2)16(14)11-19-15/h3-8,11-12H,9-10H2,1-2H3,(H,21,22)/t12-/m1/s1. The van der Waals surface area contributed by atoms with Gasteiger partial charge in [0.15, 0.2) is 0 Å². The fourth-order valence-corrected chi connectivity index (χ4v) is 2.67. The van der Waals surface area contributed by atoms with E-state index in [2.05, 4.69) is 15.3 Å². The summed E-state index contributed by atoms with van der Waals surface area (Å²) >= 11 is 0. The lowest BCUT2D eigenvalue weighted by Crippen LogP contribution is -2.28. The molecule has 3 rings (SSSR count). The Balaban J connectivity index is 1.63. The number of aliphatic imine (C=N–C) groups is 1. The highest BCUT2D eigenvalue weighted by molar-refractivity contribution is 5.97. The fraction of sp³-hybridized carbons (Fsp3) is 0.278. The molecule has 0 saturated heterocycles. The minimum Gasteiger partial charge on any atom is -0.481 e. The first-order chi connectivity index (χ1) is 11.2. The molecule has 0 radical (unpaired) electrons. The van der Waals surface area contributed by atoms with E-state index < -0.39 is 0 Å². The summed E-state index contributed by atoms with van der Waals surface area (Å²) in [6, 6.07) is 11.8. The van der Waals surface area contributed by atoms with Crippen molar-refractivity contribution in [3.8, 4) is 0 Å². The Bertz CT molecular complexity index is 741. The molecular formula is C18H19N3O2. The van der Waals surface area contributed by atoms with Crippen molar-refractivity contribution in [3.05, 3.63) is 65.0 Å². The van der Waals surface area contributed by atoms with Crippen molar-refractivity contribution in [2.24, 2.45) is 4.99 Å². The third-order valence-electron chi connectivity index (χ3n) is 3.88. The summed E-state index contributed by atoms with van der Waals surface area (Å²) in [4.78, 5) is 20.8. The van der Waals surface area contributed by atoms with Gasteiger partial charge < -0.3 is 10.1 Å². The van der Waals surface area contributed by atoms with Gasteiger partial charge in [0.2, 0.25) is 11.8 Å². The smallest absolute Gasteiger partial charge is 0.226 e. The molecule has 23 heavy (non-hydrogen) atoms. The van der Waals surface area contributed by atoms with E-state index in [4.69, 9.17) is 4.74 Å². The first-order valence-electron chi connectivity index (χ1n) is 7.58. The second-order valence-electron chi connectivity index (χ2n) is 5.53. The van der Waals surface area contributed by atoms with Crippen LogP contribution in [0.1, 0.15) is 35.3 Å². The molecule has 0 saturated carbocycles. The number of benzene rings is 1. The van der Waals surface area contributed by atoms with E-state index in [0.717, 1.165) is 22.4 Å². The molecule has 0 spiro atoms. The number of pyridine rings is 1. The second kappa shape index (κ2) is 6.60. The average molecular weight is 309 g/mol. The number of aromatic nitrogens is 1. The van der Waals surface area contributed by atoms with Crippen LogP contribution >= 0.6 is 0 Å². The lowest BCUT2D eigenvalue weighted by atomic mass is 10.1. The Morgan fingerprint density at radius 3 is 2.87 bits per heavy atom. The number of carbonyl (C=O) groups excluding carboxylic acids is 1. The first-order valence-corrected chi connectivity index (χ1v) is 7.58. The molecule has 1 amide bonds. The largest absolute Gasteiger partial charge is 0.481 e. The molecule has 0 fully saturated rings. The Morgan fingerprint density at radius 1 is 1.35 bits per heavy atom. The summed E-state index contributed by atoms with van der Waals surface area (Å²) in [7, 11) is 1.60. The topological polar surface area (TPSA) is 63.6 Å². The minimum atomic E-state index is -0.0420. The average Bonchev–Trinajstić information content (AvgIpc) is 2.97. The van der Waals surface area contributed by atoms with E-state index in [-0.39, 0.29) is 18.4 Å². The number of hydrogen-bond acceptors (Lipinski definition) is 4. The van der Waals surface area contributed by atoms with Gasteiger partial charge in [-0.05, 0) is 24.1 Å². The van der Waals surface area contributed by atoms with Gasteiger partial charge in [-0.3, -0.25) is 9.78 Å². The molecule has 1 atom stereocenters. The third-order valence-corrected chi connectivity index (χ3v) is 3.88. The zero-order valence-corrected chi connectivity index (χ0v) is 13.2. The summed E-state index contributed by atoms with van der Waals surface area (Å²) in [6.07, 6.45) is 1.99. The molecule has 0 aliphatic carbocycles. The van der Waals surface area contributed by atoms with Gasteiger partial charge in [-0.1, -0.05) is 30.3 Å². The van der Waals surface area contributed by atoms with Crippen LogP contribution in [0, 0.1) is 0 Å². The molecule has 1 aliphatic heterocycles. The van der Waals surface area contributed by atoms with Gasteiger partial charge in [-0.2, -0.15) is 0 Å². The molecule has 1 N–H and O–H groups in total. The van der Waals surface area contributed by atoms with E-state index in [0.29, 0.717) is 12.4 Å². The van der Waals surface area contributed by atoms with Crippen LogP contribution in [0.3, 0.4) is 0 Å². The highest BCUT2D eigenvalue weighted by atomic mass is 16.5. The summed E-state index contributed by atoms with van der Waals surface area (Å²) in [6.45, 7) is 2.55. The molecule has 1 aliphatic rings. The Hall–Kier alpha value is -2.69. The molecule has 1 aromatic heterocycles. The fourth-order valence-electron chi connectivity index (χ4n) is 2.67. The Morgan fingerprint density at radius 2 is 2.13 bits per heavy atom. The number of amides is 1. The minimum absolute atomic E-state index is 0.0263. The maximum absolute atomic E-state index is 12.2. The maximum atomic E-state index is 12.2. The lowest BCUT2D eigenvalue weighted by Gasteiger charge is -2.14. The van der Waals surface area contributed by atoms with Crippen molar-refractivity contribution in [3.63, 3.8) is 0 Å². The van der Waals surface area contributed by atoms with Crippen molar-refractivity contribution in [2.75, 3.05) is 7.11 Å². The van der Waals surface area contributed by atoms with Crippen LogP contribution in [0.2, 0.25) is 0 Å². The van der Waals surface area contributed by atoms with Crippen molar-refractivity contribution < 1.29 is 9.53 Å². The summed E-state index contributed by atoms with van der Waals surface area (Å²) in [5, 5.41) is 3.00. The van der Waals surface area contributed by atoms with Crippen LogP contribution < -0.4 is 5.32 Å². The van der Waals surface area contributed by atoms with Gasteiger partial charge in [0, 0.05) is 6.20 Å². The van der Waals surface area contributed by atoms with Gasteiger partial charge in [0.1, 0.15) is 0 Å². The molecule has 2 aromatic rings. The summed E-state index contributed by atoms with van der Waals surface area (Å²) < 4.78 is 5.19. The maximum Gasteiger partial charge on any atom is 0.226 e. The molecule has 5 nitrogen and oxygen atoms in total. The molecule has 0 unspecified atom stereocenters. The van der Waals surface area contributed by atoms with Crippen LogP contribution in [-0.4, -0.2) is 23.9 Å². The Kier molecular flexibility index (Phi) is 4.37. The van der Waals surface area contributed by atoms with Crippen molar-refractivity contribution in [1.29, 1.82) is 0 Å². The molecule has 5 heteroatoms. The third kappa shape index (κ3) is 3.39. The first kappa shape index (κ1) is 15.2. The molecule has 2 heterocycles. The number of nitrogens with zero attached hydrogens (tertiary/aromatic N) is 2. The lowest BCUT2D eigenvalue weighted by molar-refractivity contribution is -0.121. The van der Waals surface area contributed by atoms with Gasteiger partial charge in [-0.25, -0.2) is 4.99 Å². The number of carbonyl (C=O) groups is 1. The number of methoxy groups -OCH3 is 1. The zero-order chi connectivity index (χ0) is 16.2. The normalized spacial score (nSPS) is 13.9. The van der Waals surface area contributed by atoms with E-state index in [1.54, 1.807) is 13.3 Å². The number of hydrogen-bond donors (Lipinski definition) is 1. The van der Waals surface area contributed by atoms with Gasteiger partial charge >= 0.3 is 0 Å². The summed E-state index contributed by atoms with van der Waals surface area (Å²) in [5.41, 5.74) is 3.79. The number of nitrogens with one attached hydrogen (secondary N) is 1. The van der Waals surface area contributed by atoms with Gasteiger partial charge in [-0.15, -0.1) is 0 Å². The van der Waals surface area contributed by atoms with Crippen LogP contribution in [0.5, 0.6) is 0 Å². The SMILES string of the molecule is COC1=NCc2cc(CC(=O)N[C@H](C)c3ccccc3)ncc21. The van der Waals surface area contributed by atoms with Crippen molar-refractivity contribution in [2.45, 2.75) is 25.9 Å². The van der Waals surface area contributed by atoms with E-state index >= 15 is 0 Å². The number of rotatable bonds is 4. The highest BCUT2D eigenvalue weighted by Gasteiger charge is 2.18. The summed E-state index contributed by atoms with van der Waals surface area (Å²) in [5.74, 6) is 0.570. The number of fused-ring (bicyclic) bond motifs is 1. The van der Waals surface area contributed by atoms with Crippen LogP contribution in [0.4, 0.5) is 0 Å². The van der Waals surface area contributed by atoms with Crippen LogP contribution in [0.15, 0.2) is 47.6 Å². The van der Waals surface area contributed by atoms with Gasteiger partial charge in [0.05, 0.1) is 37.4 Å². The number of ether oxygens (including phenoxy) is 1. The van der Waals surface area contributed by atoms with E-state index in [9.17, 15) is 4.79 Å². The monoisotopic (exact) mass is 309 g/mol. The van der Waals surface area contributed by atoms with Crippen molar-refractivity contribution >= 4 is 11.8 Å². The second-order valence-corrected chi connectivity index (χ2v) is 5.53. The van der Waals surface area contributed by atoms with E-state index in [1.165, 1.54) is 0 Å². The quantitative estimate of drug-likeness (QED) is 0.943. The van der Waals surface area contributed by atoms with Gasteiger partial charge in [0.25, 0.3) is 0 Å². The highest BCUT2D eigenvalue weighted by Crippen LogP contribution is 2.19. The molecule has 118 valence electrons. The van der Waals surface area contributed by atoms with E-state index in [1.807, 2.05) is 43.3 Å². The zero-order valence-electron chi connectivity index (χ0n) is 13.2.